The number of halogens is 3. The molecule has 1 saturated heterocycles. The first-order chi connectivity index (χ1) is 11.7. The lowest BCUT2D eigenvalue weighted by Gasteiger charge is -2.20. The van der Waals surface area contributed by atoms with E-state index in [9.17, 15) is 18.0 Å². The van der Waals surface area contributed by atoms with Crippen LogP contribution >= 0.6 is 0 Å². The van der Waals surface area contributed by atoms with Crippen molar-refractivity contribution in [1.82, 2.24) is 24.5 Å². The first kappa shape index (κ1) is 17.4. The molecule has 1 fully saturated rings. The molecule has 0 radical (unpaired) electrons. The smallest absolute Gasteiger partial charge is 0.367 e. The van der Waals surface area contributed by atoms with E-state index in [0.29, 0.717) is 30.9 Å². The predicted octanol–water partition coefficient (Wildman–Crippen LogP) is 2.26. The standard InChI is InChI=1S/C15H19F3N6O/c1-9(5-7-23-6-3-4-12(23)25)19-11-8-10(2)20-14-21-13(15(16,17)18)22-24(11)14/h8-9,19H,3-7H2,1-2H3/t9-/m1/s1. The fourth-order valence-corrected chi connectivity index (χ4v) is 2.82. The van der Waals surface area contributed by atoms with Crippen molar-refractivity contribution >= 4 is 17.5 Å². The summed E-state index contributed by atoms with van der Waals surface area (Å²) in [6.45, 7) is 4.97. The molecule has 2 aromatic heterocycles. The number of aromatic nitrogens is 4. The van der Waals surface area contributed by atoms with Crippen molar-refractivity contribution in [3.8, 4) is 0 Å². The molecule has 7 nitrogen and oxygen atoms in total. The van der Waals surface area contributed by atoms with E-state index < -0.39 is 12.0 Å². The Balaban J connectivity index is 1.75. The van der Waals surface area contributed by atoms with E-state index in [1.807, 2.05) is 11.8 Å². The molecule has 0 aromatic carbocycles. The number of carbonyl (C=O) groups is 1. The molecule has 0 aliphatic carbocycles. The van der Waals surface area contributed by atoms with Crippen LogP contribution in [0.5, 0.6) is 0 Å². The summed E-state index contributed by atoms with van der Waals surface area (Å²) in [6, 6.07) is 1.57. The monoisotopic (exact) mass is 356 g/mol. The molecule has 10 heteroatoms. The minimum Gasteiger partial charge on any atom is -0.367 e. The second kappa shape index (κ2) is 6.49. The van der Waals surface area contributed by atoms with Gasteiger partial charge in [-0.05, 0) is 26.7 Å². The number of hydrogen-bond donors (Lipinski definition) is 1. The van der Waals surface area contributed by atoms with E-state index in [1.165, 1.54) is 0 Å². The highest BCUT2D eigenvalue weighted by Crippen LogP contribution is 2.27. The number of nitrogens with one attached hydrogen (secondary N) is 1. The van der Waals surface area contributed by atoms with Gasteiger partial charge in [-0.15, -0.1) is 5.10 Å². The van der Waals surface area contributed by atoms with Gasteiger partial charge in [-0.25, -0.2) is 4.98 Å². The van der Waals surface area contributed by atoms with Crippen LogP contribution in [0.3, 0.4) is 0 Å². The summed E-state index contributed by atoms with van der Waals surface area (Å²) < 4.78 is 39.5. The van der Waals surface area contributed by atoms with E-state index >= 15 is 0 Å². The zero-order valence-electron chi connectivity index (χ0n) is 14.0. The third-order valence-corrected chi connectivity index (χ3v) is 4.09. The molecular formula is C15H19F3N6O. The van der Waals surface area contributed by atoms with Gasteiger partial charge < -0.3 is 10.2 Å². The van der Waals surface area contributed by atoms with Crippen molar-refractivity contribution in [2.75, 3.05) is 18.4 Å². The number of rotatable bonds is 5. The average Bonchev–Trinajstić information content (AvgIpc) is 3.10. The Morgan fingerprint density at radius 1 is 1.36 bits per heavy atom. The van der Waals surface area contributed by atoms with Crippen LogP contribution in [0.2, 0.25) is 0 Å². The van der Waals surface area contributed by atoms with Gasteiger partial charge in [-0.2, -0.15) is 22.7 Å². The van der Waals surface area contributed by atoms with Crippen LogP contribution < -0.4 is 5.32 Å². The molecule has 0 unspecified atom stereocenters. The number of carbonyl (C=O) groups excluding carboxylic acids is 1. The van der Waals surface area contributed by atoms with Crippen molar-refractivity contribution in [1.29, 1.82) is 0 Å². The topological polar surface area (TPSA) is 75.4 Å². The number of anilines is 1. The Labute approximate surface area is 142 Å². The molecule has 1 amide bonds. The highest BCUT2D eigenvalue weighted by Gasteiger charge is 2.37. The summed E-state index contributed by atoms with van der Waals surface area (Å²) in [5.41, 5.74) is 0.540. The number of hydrogen-bond acceptors (Lipinski definition) is 5. The summed E-state index contributed by atoms with van der Waals surface area (Å²) >= 11 is 0. The SMILES string of the molecule is Cc1cc(N[C@H](C)CCN2CCCC2=O)n2nc(C(F)(F)F)nc2n1. The van der Waals surface area contributed by atoms with Crippen molar-refractivity contribution < 1.29 is 18.0 Å². The van der Waals surface area contributed by atoms with Gasteiger partial charge in [0.05, 0.1) is 0 Å². The lowest BCUT2D eigenvalue weighted by molar-refractivity contribution is -0.144. The van der Waals surface area contributed by atoms with Crippen molar-refractivity contribution in [3.63, 3.8) is 0 Å². The predicted molar refractivity (Wildman–Crippen MR) is 84.0 cm³/mol. The lowest BCUT2D eigenvalue weighted by atomic mass is 10.2. The number of likely N-dealkylation sites (tertiary alicyclic amines) is 1. The molecule has 0 bridgehead atoms. The number of aryl methyl sites for hydroxylation is 1. The van der Waals surface area contributed by atoms with Gasteiger partial charge in [0.25, 0.3) is 11.6 Å². The van der Waals surface area contributed by atoms with Crippen LogP contribution in [0.25, 0.3) is 5.78 Å². The summed E-state index contributed by atoms with van der Waals surface area (Å²) in [5, 5.41) is 6.66. The molecule has 0 spiro atoms. The minimum atomic E-state index is -4.62. The Morgan fingerprint density at radius 3 is 2.76 bits per heavy atom. The van der Waals surface area contributed by atoms with E-state index in [-0.39, 0.29) is 17.7 Å². The Kier molecular flexibility index (Phi) is 4.53. The van der Waals surface area contributed by atoms with Crippen LogP contribution in [0.15, 0.2) is 6.07 Å². The molecule has 1 aliphatic heterocycles. The molecule has 2 aromatic rings. The van der Waals surface area contributed by atoms with Crippen LogP contribution in [-0.2, 0) is 11.0 Å². The third-order valence-electron chi connectivity index (χ3n) is 4.09. The summed E-state index contributed by atoms with van der Waals surface area (Å²) in [4.78, 5) is 20.9. The first-order valence-electron chi connectivity index (χ1n) is 8.10. The van der Waals surface area contributed by atoms with E-state index in [0.717, 1.165) is 17.5 Å². The zero-order chi connectivity index (χ0) is 18.2. The maximum absolute atomic E-state index is 12.8. The summed E-state index contributed by atoms with van der Waals surface area (Å²) in [5.74, 6) is -0.771. The third kappa shape index (κ3) is 3.83. The van der Waals surface area contributed by atoms with E-state index in [1.54, 1.807) is 13.0 Å². The lowest BCUT2D eigenvalue weighted by Crippen LogP contribution is -2.30. The molecule has 3 rings (SSSR count). The van der Waals surface area contributed by atoms with E-state index in [2.05, 4.69) is 20.4 Å². The largest absolute Gasteiger partial charge is 0.453 e. The molecule has 1 N–H and O–H groups in total. The molecule has 25 heavy (non-hydrogen) atoms. The van der Waals surface area contributed by atoms with Crippen molar-refractivity contribution in [2.45, 2.75) is 45.3 Å². The molecule has 3 heterocycles. The summed E-state index contributed by atoms with van der Waals surface area (Å²) in [6.07, 6.45) is -2.48. The number of alkyl halides is 3. The van der Waals surface area contributed by atoms with Gasteiger partial charge in [-0.3, -0.25) is 4.79 Å². The Bertz CT molecular complexity index is 787. The highest BCUT2D eigenvalue weighted by atomic mass is 19.4. The maximum atomic E-state index is 12.8. The quantitative estimate of drug-likeness (QED) is 0.889. The fraction of sp³-hybridized carbons (Fsp3) is 0.600. The molecular weight excluding hydrogens is 337 g/mol. The van der Waals surface area contributed by atoms with Crippen molar-refractivity contribution in [2.24, 2.45) is 0 Å². The minimum absolute atomic E-state index is 0.0584. The number of nitrogens with zero attached hydrogens (tertiary/aromatic N) is 5. The molecule has 1 atom stereocenters. The van der Waals surface area contributed by atoms with Crippen LogP contribution in [-0.4, -0.2) is 49.5 Å². The summed E-state index contributed by atoms with van der Waals surface area (Å²) in [7, 11) is 0. The fourth-order valence-electron chi connectivity index (χ4n) is 2.82. The van der Waals surface area contributed by atoms with Crippen LogP contribution in [0.1, 0.15) is 37.7 Å². The van der Waals surface area contributed by atoms with Gasteiger partial charge >= 0.3 is 6.18 Å². The Morgan fingerprint density at radius 2 is 2.12 bits per heavy atom. The first-order valence-corrected chi connectivity index (χ1v) is 8.10. The van der Waals surface area contributed by atoms with Crippen LogP contribution in [0.4, 0.5) is 19.0 Å². The van der Waals surface area contributed by atoms with Crippen molar-refractivity contribution in [3.05, 3.63) is 17.6 Å². The average molecular weight is 356 g/mol. The van der Waals surface area contributed by atoms with Crippen LogP contribution in [0, 0.1) is 6.92 Å². The second-order valence-electron chi connectivity index (χ2n) is 6.25. The van der Waals surface area contributed by atoms with Gasteiger partial charge in [0, 0.05) is 37.3 Å². The molecule has 1 aliphatic rings. The van der Waals surface area contributed by atoms with E-state index in [4.69, 9.17) is 0 Å². The van der Waals surface area contributed by atoms with Gasteiger partial charge in [-0.1, -0.05) is 0 Å². The molecule has 0 saturated carbocycles. The van der Waals surface area contributed by atoms with Gasteiger partial charge in [0.2, 0.25) is 5.91 Å². The van der Waals surface area contributed by atoms with Gasteiger partial charge in [0.15, 0.2) is 0 Å². The number of fused-ring (bicyclic) bond motifs is 1. The normalized spacial score (nSPS) is 16.7. The second-order valence-corrected chi connectivity index (χ2v) is 6.25. The Hall–Kier alpha value is -2.39. The maximum Gasteiger partial charge on any atom is 0.453 e. The number of amides is 1. The highest BCUT2D eigenvalue weighted by molar-refractivity contribution is 5.78. The zero-order valence-corrected chi connectivity index (χ0v) is 14.0. The molecule has 136 valence electrons. The van der Waals surface area contributed by atoms with Gasteiger partial charge in [0.1, 0.15) is 5.82 Å².